The van der Waals surface area contributed by atoms with Crippen molar-refractivity contribution >= 4 is 56.5 Å². The first-order valence-electron chi connectivity index (χ1n) is 8.78. The van der Waals surface area contributed by atoms with E-state index in [9.17, 15) is 4.79 Å². The molecule has 5 nitrogen and oxygen atoms in total. The number of amides is 1. The summed E-state index contributed by atoms with van der Waals surface area (Å²) in [5.74, 6) is 2.66. The summed E-state index contributed by atoms with van der Waals surface area (Å²) < 4.78 is 0.958. The van der Waals surface area contributed by atoms with Gasteiger partial charge in [-0.15, -0.1) is 16.4 Å². The first kappa shape index (κ1) is 18.5. The van der Waals surface area contributed by atoms with E-state index in [1.165, 1.54) is 12.2 Å². The molecule has 0 radical (unpaired) electrons. The molecular formula is C19H19ClN4OS2. The van der Waals surface area contributed by atoms with E-state index in [-0.39, 0.29) is 6.42 Å². The van der Waals surface area contributed by atoms with Crippen LogP contribution in [0.5, 0.6) is 0 Å². The lowest BCUT2D eigenvalue weighted by Crippen LogP contribution is -2.26. The largest absolute Gasteiger partial charge is 0.369 e. The molecule has 0 saturated carbocycles. The Labute approximate surface area is 170 Å². The van der Waals surface area contributed by atoms with E-state index < -0.39 is 5.91 Å². The molecule has 0 aliphatic carbocycles. The number of thioether (sulfide) groups is 1. The van der Waals surface area contributed by atoms with Gasteiger partial charge in [-0.1, -0.05) is 23.7 Å². The number of carbonyl (C=O) groups excluding carboxylic acids is 1. The molecule has 3 aromatic rings. The molecule has 140 valence electrons. The van der Waals surface area contributed by atoms with Gasteiger partial charge >= 0.3 is 0 Å². The highest BCUT2D eigenvalue weighted by Crippen LogP contribution is 2.38. The van der Waals surface area contributed by atoms with Crippen LogP contribution in [0.25, 0.3) is 20.5 Å². The van der Waals surface area contributed by atoms with Crippen molar-refractivity contribution in [1.82, 2.24) is 10.2 Å². The van der Waals surface area contributed by atoms with Gasteiger partial charge in [-0.3, -0.25) is 4.79 Å². The predicted octanol–water partition coefficient (Wildman–Crippen LogP) is 4.35. The second-order valence-electron chi connectivity index (χ2n) is 6.56. The number of nitrogens with one attached hydrogen (secondary N) is 1. The van der Waals surface area contributed by atoms with Crippen molar-refractivity contribution < 1.29 is 4.79 Å². The molecular weight excluding hydrogens is 400 g/mol. The molecule has 1 aromatic carbocycles. The van der Waals surface area contributed by atoms with Gasteiger partial charge in [0.2, 0.25) is 5.91 Å². The van der Waals surface area contributed by atoms with Gasteiger partial charge in [0.15, 0.2) is 5.82 Å². The van der Waals surface area contributed by atoms with E-state index in [1.54, 1.807) is 11.3 Å². The fourth-order valence-electron chi connectivity index (χ4n) is 3.18. The summed E-state index contributed by atoms with van der Waals surface area (Å²) in [5.41, 5.74) is 7.11. The van der Waals surface area contributed by atoms with E-state index in [0.717, 1.165) is 38.5 Å². The van der Waals surface area contributed by atoms with Crippen LogP contribution in [0.2, 0.25) is 5.02 Å². The fraction of sp³-hybridized carbons (Fsp3) is 0.316. The first-order valence-corrected chi connectivity index (χ1v) is 11.1. The standard InChI is InChI=1S/C19H19ClN4OS2/c20-12-5-3-11(4-6-12)16-8-14-18(27-16)15(9-17(21)25)23-24-19(14)22-13-2-1-7-26-10-13/h3-6,8,13H,1-2,7,9-10H2,(H2,21,25)(H,22,24). The number of thiophene rings is 1. The number of anilines is 1. The SMILES string of the molecule is NC(=O)Cc1nnc(NC2CCCSC2)c2cc(-c3ccc(Cl)cc3)sc12. The summed E-state index contributed by atoms with van der Waals surface area (Å²) in [4.78, 5) is 12.5. The monoisotopic (exact) mass is 418 g/mol. The average molecular weight is 419 g/mol. The van der Waals surface area contributed by atoms with E-state index in [1.807, 2.05) is 36.0 Å². The van der Waals surface area contributed by atoms with Crippen LogP contribution in [0.15, 0.2) is 30.3 Å². The number of nitrogens with two attached hydrogens (primary N) is 1. The number of halogens is 1. The minimum Gasteiger partial charge on any atom is -0.369 e. The molecule has 1 amide bonds. The maximum Gasteiger partial charge on any atom is 0.223 e. The maximum absolute atomic E-state index is 11.5. The van der Waals surface area contributed by atoms with Crippen LogP contribution < -0.4 is 11.1 Å². The Bertz CT molecular complexity index is 968. The van der Waals surface area contributed by atoms with Gasteiger partial charge in [0, 0.05) is 27.1 Å². The molecule has 1 atom stereocenters. The zero-order chi connectivity index (χ0) is 18.8. The highest BCUT2D eigenvalue weighted by atomic mass is 35.5. The molecule has 2 aromatic heterocycles. The Morgan fingerprint density at radius 3 is 2.81 bits per heavy atom. The Morgan fingerprint density at radius 2 is 2.11 bits per heavy atom. The quantitative estimate of drug-likeness (QED) is 0.643. The third-order valence-electron chi connectivity index (χ3n) is 4.49. The van der Waals surface area contributed by atoms with Gasteiger partial charge in [-0.2, -0.15) is 16.9 Å². The fourth-order valence-corrected chi connectivity index (χ4v) is 5.53. The highest BCUT2D eigenvalue weighted by molar-refractivity contribution is 7.99. The van der Waals surface area contributed by atoms with Crippen molar-refractivity contribution in [3.63, 3.8) is 0 Å². The molecule has 3 heterocycles. The summed E-state index contributed by atoms with van der Waals surface area (Å²) >= 11 is 9.58. The minimum absolute atomic E-state index is 0.0869. The molecule has 1 unspecified atom stereocenters. The lowest BCUT2D eigenvalue weighted by atomic mass is 10.1. The van der Waals surface area contributed by atoms with Crippen molar-refractivity contribution in [2.45, 2.75) is 25.3 Å². The number of carbonyl (C=O) groups is 1. The third kappa shape index (κ3) is 4.20. The van der Waals surface area contributed by atoms with Crippen LogP contribution in [0.3, 0.4) is 0 Å². The number of fused-ring (bicyclic) bond motifs is 1. The predicted molar refractivity (Wildman–Crippen MR) is 115 cm³/mol. The van der Waals surface area contributed by atoms with Crippen LogP contribution in [-0.2, 0) is 11.2 Å². The molecule has 4 rings (SSSR count). The Balaban J connectivity index is 1.76. The summed E-state index contributed by atoms with van der Waals surface area (Å²) in [5, 5.41) is 13.9. The van der Waals surface area contributed by atoms with Gasteiger partial charge < -0.3 is 11.1 Å². The van der Waals surface area contributed by atoms with Crippen LogP contribution >= 0.6 is 34.7 Å². The zero-order valence-corrected chi connectivity index (χ0v) is 17.0. The van der Waals surface area contributed by atoms with Gasteiger partial charge in [-0.05, 0) is 42.4 Å². The molecule has 3 N–H and O–H groups in total. The van der Waals surface area contributed by atoms with Crippen molar-refractivity contribution in [1.29, 1.82) is 0 Å². The zero-order valence-electron chi connectivity index (χ0n) is 14.6. The van der Waals surface area contributed by atoms with E-state index >= 15 is 0 Å². The lowest BCUT2D eigenvalue weighted by molar-refractivity contribution is -0.117. The molecule has 1 fully saturated rings. The topological polar surface area (TPSA) is 80.9 Å². The number of hydrogen-bond acceptors (Lipinski definition) is 6. The molecule has 1 aliphatic heterocycles. The van der Waals surface area contributed by atoms with Gasteiger partial charge in [-0.25, -0.2) is 0 Å². The summed E-state index contributed by atoms with van der Waals surface area (Å²) in [6.07, 6.45) is 2.43. The second-order valence-corrected chi connectivity index (χ2v) is 9.20. The molecule has 0 spiro atoms. The van der Waals surface area contributed by atoms with E-state index in [0.29, 0.717) is 16.8 Å². The molecule has 1 saturated heterocycles. The number of rotatable bonds is 5. The van der Waals surface area contributed by atoms with E-state index in [4.69, 9.17) is 17.3 Å². The molecule has 0 bridgehead atoms. The van der Waals surface area contributed by atoms with Crippen molar-refractivity contribution in [2.75, 3.05) is 16.8 Å². The molecule has 1 aliphatic rings. The van der Waals surface area contributed by atoms with Gasteiger partial charge in [0.05, 0.1) is 16.8 Å². The van der Waals surface area contributed by atoms with Crippen molar-refractivity contribution in [3.05, 3.63) is 41.0 Å². The number of hydrogen-bond donors (Lipinski definition) is 2. The van der Waals surface area contributed by atoms with Crippen LogP contribution in [-0.4, -0.2) is 33.7 Å². The summed E-state index contributed by atoms with van der Waals surface area (Å²) in [6, 6.07) is 10.2. The van der Waals surface area contributed by atoms with Crippen molar-refractivity contribution in [2.24, 2.45) is 5.73 Å². The van der Waals surface area contributed by atoms with Gasteiger partial charge in [0.25, 0.3) is 0 Å². The Morgan fingerprint density at radius 1 is 1.30 bits per heavy atom. The minimum atomic E-state index is -0.406. The summed E-state index contributed by atoms with van der Waals surface area (Å²) in [7, 11) is 0. The molecule has 27 heavy (non-hydrogen) atoms. The number of aromatic nitrogens is 2. The molecule has 8 heteroatoms. The van der Waals surface area contributed by atoms with Crippen LogP contribution in [0.1, 0.15) is 18.5 Å². The van der Waals surface area contributed by atoms with Gasteiger partial charge in [0.1, 0.15) is 0 Å². The smallest absolute Gasteiger partial charge is 0.223 e. The van der Waals surface area contributed by atoms with Crippen molar-refractivity contribution in [3.8, 4) is 10.4 Å². The number of nitrogens with zero attached hydrogens (tertiary/aromatic N) is 2. The Kier molecular flexibility index (Phi) is 5.52. The average Bonchev–Trinajstić information content (AvgIpc) is 3.11. The van der Waals surface area contributed by atoms with Crippen LogP contribution in [0, 0.1) is 0 Å². The third-order valence-corrected chi connectivity index (χ3v) is 7.19. The highest BCUT2D eigenvalue weighted by Gasteiger charge is 2.19. The summed E-state index contributed by atoms with van der Waals surface area (Å²) in [6.45, 7) is 0. The Hall–Kier alpha value is -1.83. The van der Waals surface area contributed by atoms with Crippen LogP contribution in [0.4, 0.5) is 5.82 Å². The second kappa shape index (κ2) is 8.04. The lowest BCUT2D eigenvalue weighted by Gasteiger charge is -2.23. The normalized spacial score (nSPS) is 17.1. The number of benzene rings is 1. The first-order chi connectivity index (χ1) is 13.1. The number of primary amides is 1. The maximum atomic E-state index is 11.5. The van der Waals surface area contributed by atoms with E-state index in [2.05, 4.69) is 21.6 Å².